The number of carbonyl (C=O) groups excluding carboxylic acids is 4. The van der Waals surface area contributed by atoms with E-state index in [-0.39, 0.29) is 41.9 Å². The van der Waals surface area contributed by atoms with Gasteiger partial charge in [0.25, 0.3) is 17.7 Å². The van der Waals surface area contributed by atoms with E-state index >= 15 is 0 Å². The number of methoxy groups -OCH3 is 1. The van der Waals surface area contributed by atoms with Gasteiger partial charge in [0, 0.05) is 42.7 Å². The molecule has 204 valence electrons. The number of benzene rings is 2. The molecule has 39 heavy (non-hydrogen) atoms. The maximum atomic E-state index is 14.9. The summed E-state index contributed by atoms with van der Waals surface area (Å²) in [6, 6.07) is 8.46. The second kappa shape index (κ2) is 10.0. The molecule has 4 N–H and O–H groups in total. The van der Waals surface area contributed by atoms with E-state index in [4.69, 9.17) is 9.15 Å². The van der Waals surface area contributed by atoms with Crippen LogP contribution in [0.2, 0.25) is 0 Å². The second-order valence-corrected chi connectivity index (χ2v) is 9.84. The van der Waals surface area contributed by atoms with Gasteiger partial charge in [-0.25, -0.2) is 9.18 Å². The zero-order valence-electron chi connectivity index (χ0n) is 21.6. The van der Waals surface area contributed by atoms with Crippen molar-refractivity contribution in [3.05, 3.63) is 64.7 Å². The molecule has 2 aliphatic rings. The van der Waals surface area contributed by atoms with Gasteiger partial charge in [-0.3, -0.25) is 19.7 Å². The first-order valence-corrected chi connectivity index (χ1v) is 12.5. The number of nitrogens with one attached hydrogen (secondary N) is 4. The Morgan fingerprint density at radius 2 is 1.97 bits per heavy atom. The fourth-order valence-electron chi connectivity index (χ4n) is 4.81. The van der Waals surface area contributed by atoms with Crippen molar-refractivity contribution in [2.24, 2.45) is 0 Å². The van der Waals surface area contributed by atoms with Crippen LogP contribution in [0.3, 0.4) is 0 Å². The predicted molar refractivity (Wildman–Crippen MR) is 138 cm³/mol. The lowest BCUT2D eigenvalue weighted by molar-refractivity contribution is -0.125. The van der Waals surface area contributed by atoms with Gasteiger partial charge in [-0.15, -0.1) is 0 Å². The first-order valence-electron chi connectivity index (χ1n) is 12.5. The molecule has 1 saturated heterocycles. The fourth-order valence-corrected chi connectivity index (χ4v) is 4.81. The number of ether oxygens (including phenoxy) is 1. The number of halogens is 1. The number of carbonyl (C=O) groups is 4. The number of fused-ring (bicyclic) bond motifs is 2. The standard InChI is InChI=1S/C27H28FN5O6/c1-14(2)29-6-7-30-23(34)19-8-16-9-22(39-21(16)11-20(19)28)27(25(36)31-26(37)32-27)13-33-12-15-4-5-17(38-3)10-18(15)24(33)35/h4-5,8-11,14,29H,6-7,12-13H2,1-3H3,(H,30,34)(H2,31,32,36,37)/t27-/m0/s1. The molecule has 2 aromatic carbocycles. The summed E-state index contributed by atoms with van der Waals surface area (Å²) in [5.41, 5.74) is -0.701. The van der Waals surface area contributed by atoms with Crippen LogP contribution in [-0.2, 0) is 16.9 Å². The third-order valence-electron chi connectivity index (χ3n) is 6.80. The minimum atomic E-state index is -1.76. The van der Waals surface area contributed by atoms with Crippen molar-refractivity contribution in [1.82, 2.24) is 26.2 Å². The van der Waals surface area contributed by atoms with E-state index in [0.717, 1.165) is 11.6 Å². The molecule has 1 aromatic heterocycles. The van der Waals surface area contributed by atoms with Crippen molar-refractivity contribution in [1.29, 1.82) is 0 Å². The largest absolute Gasteiger partial charge is 0.497 e. The fraction of sp³-hybridized carbons (Fsp3) is 0.333. The average Bonchev–Trinajstić information content (AvgIpc) is 3.54. The first kappa shape index (κ1) is 26.2. The van der Waals surface area contributed by atoms with Crippen molar-refractivity contribution in [2.75, 3.05) is 26.7 Å². The first-order chi connectivity index (χ1) is 18.6. The van der Waals surface area contributed by atoms with Gasteiger partial charge in [0.15, 0.2) is 5.54 Å². The zero-order chi connectivity index (χ0) is 27.9. The molecule has 5 rings (SSSR count). The topological polar surface area (TPSA) is 142 Å². The van der Waals surface area contributed by atoms with Crippen molar-refractivity contribution >= 4 is 34.7 Å². The van der Waals surface area contributed by atoms with Crippen LogP contribution in [0.1, 0.15) is 45.9 Å². The molecule has 5 amide bonds. The summed E-state index contributed by atoms with van der Waals surface area (Å²) in [5.74, 6) is -1.94. The highest BCUT2D eigenvalue weighted by Gasteiger charge is 2.53. The Labute approximate surface area is 223 Å². The lowest BCUT2D eigenvalue weighted by Gasteiger charge is -2.29. The second-order valence-electron chi connectivity index (χ2n) is 9.84. The molecule has 2 aliphatic heterocycles. The van der Waals surface area contributed by atoms with Gasteiger partial charge in [-0.2, -0.15) is 0 Å². The monoisotopic (exact) mass is 537 g/mol. The van der Waals surface area contributed by atoms with Crippen LogP contribution in [0.4, 0.5) is 9.18 Å². The highest BCUT2D eigenvalue weighted by molar-refractivity contribution is 6.08. The van der Waals surface area contributed by atoms with Gasteiger partial charge in [-0.05, 0) is 29.8 Å². The summed E-state index contributed by atoms with van der Waals surface area (Å²) in [6.07, 6.45) is 0. The van der Waals surface area contributed by atoms with Crippen LogP contribution in [0.25, 0.3) is 11.0 Å². The molecule has 0 saturated carbocycles. The van der Waals surface area contributed by atoms with Gasteiger partial charge in [0.1, 0.15) is 22.9 Å². The average molecular weight is 538 g/mol. The Bertz CT molecular complexity index is 1500. The molecule has 3 heterocycles. The summed E-state index contributed by atoms with van der Waals surface area (Å²) in [4.78, 5) is 52.6. The number of nitrogens with zero attached hydrogens (tertiary/aromatic N) is 1. The Kier molecular flexibility index (Phi) is 6.73. The highest BCUT2D eigenvalue weighted by atomic mass is 19.1. The molecule has 1 fully saturated rings. The number of rotatable bonds is 9. The molecule has 3 aromatic rings. The number of urea groups is 1. The van der Waals surface area contributed by atoms with Crippen molar-refractivity contribution < 1.29 is 32.7 Å². The molecule has 0 unspecified atom stereocenters. The van der Waals surface area contributed by atoms with E-state index in [0.29, 0.717) is 29.8 Å². The molecular formula is C27H28FN5O6. The van der Waals surface area contributed by atoms with Crippen LogP contribution >= 0.6 is 0 Å². The number of imide groups is 1. The number of hydrogen-bond donors (Lipinski definition) is 4. The van der Waals surface area contributed by atoms with Crippen LogP contribution < -0.4 is 26.0 Å². The minimum absolute atomic E-state index is 0.000258. The van der Waals surface area contributed by atoms with E-state index < -0.39 is 29.2 Å². The van der Waals surface area contributed by atoms with Gasteiger partial charge in [0.05, 0.1) is 19.2 Å². The Hall–Kier alpha value is -4.45. The molecule has 0 bridgehead atoms. The minimum Gasteiger partial charge on any atom is -0.497 e. The number of amides is 5. The Morgan fingerprint density at radius 1 is 1.18 bits per heavy atom. The van der Waals surface area contributed by atoms with Gasteiger partial charge in [-0.1, -0.05) is 19.9 Å². The lowest BCUT2D eigenvalue weighted by Crippen LogP contribution is -2.52. The van der Waals surface area contributed by atoms with Gasteiger partial charge < -0.3 is 30.0 Å². The lowest BCUT2D eigenvalue weighted by atomic mass is 9.95. The number of hydrogen-bond acceptors (Lipinski definition) is 7. The maximum absolute atomic E-state index is 14.9. The van der Waals surface area contributed by atoms with E-state index in [1.54, 1.807) is 18.2 Å². The molecule has 0 spiro atoms. The van der Waals surface area contributed by atoms with Crippen LogP contribution in [0, 0.1) is 5.82 Å². The van der Waals surface area contributed by atoms with E-state index in [1.807, 2.05) is 13.8 Å². The smallest absolute Gasteiger partial charge is 0.322 e. The molecular weight excluding hydrogens is 509 g/mol. The van der Waals surface area contributed by atoms with Crippen LogP contribution in [-0.4, -0.2) is 61.4 Å². The van der Waals surface area contributed by atoms with E-state index in [2.05, 4.69) is 21.3 Å². The van der Waals surface area contributed by atoms with Gasteiger partial charge >= 0.3 is 6.03 Å². The van der Waals surface area contributed by atoms with Gasteiger partial charge in [0.2, 0.25) is 0 Å². The summed E-state index contributed by atoms with van der Waals surface area (Å²) < 4.78 is 25.9. The summed E-state index contributed by atoms with van der Waals surface area (Å²) in [6.45, 7) is 4.74. The summed E-state index contributed by atoms with van der Waals surface area (Å²) in [7, 11) is 1.50. The molecule has 1 atom stereocenters. The molecule has 0 radical (unpaired) electrons. The zero-order valence-corrected chi connectivity index (χ0v) is 21.6. The van der Waals surface area contributed by atoms with Crippen LogP contribution in [0.5, 0.6) is 5.75 Å². The third-order valence-corrected chi connectivity index (χ3v) is 6.80. The predicted octanol–water partition coefficient (Wildman–Crippen LogP) is 2.00. The Morgan fingerprint density at radius 3 is 2.67 bits per heavy atom. The number of furan rings is 1. The molecule has 11 nitrogen and oxygen atoms in total. The van der Waals surface area contributed by atoms with E-state index in [9.17, 15) is 23.6 Å². The quantitative estimate of drug-likeness (QED) is 0.242. The third kappa shape index (κ3) is 4.78. The highest BCUT2D eigenvalue weighted by Crippen LogP contribution is 2.35. The molecule has 12 heteroatoms. The SMILES string of the molecule is COc1ccc2c(c1)C(=O)N(C[C@@]1(c3cc4cc(C(=O)NCCNC(C)C)c(F)cc4o3)NC(=O)NC1=O)C2. The van der Waals surface area contributed by atoms with Crippen molar-refractivity contribution in [3.63, 3.8) is 0 Å². The van der Waals surface area contributed by atoms with Crippen molar-refractivity contribution in [3.8, 4) is 5.75 Å². The summed E-state index contributed by atoms with van der Waals surface area (Å²) >= 11 is 0. The van der Waals surface area contributed by atoms with Crippen molar-refractivity contribution in [2.45, 2.75) is 32.0 Å². The van der Waals surface area contributed by atoms with Crippen LogP contribution in [0.15, 0.2) is 40.8 Å². The molecule has 0 aliphatic carbocycles. The van der Waals surface area contributed by atoms with E-state index in [1.165, 1.54) is 24.1 Å². The Balaban J connectivity index is 1.44. The normalized spacial score (nSPS) is 18.5. The maximum Gasteiger partial charge on any atom is 0.322 e. The summed E-state index contributed by atoms with van der Waals surface area (Å²) in [5, 5.41) is 11.0.